The lowest BCUT2D eigenvalue weighted by Gasteiger charge is -2.08. The number of carbonyl (C=O) groups is 1. The van der Waals surface area contributed by atoms with Gasteiger partial charge in [0, 0.05) is 23.6 Å². The number of fused-ring (bicyclic) bond motifs is 1. The van der Waals surface area contributed by atoms with Crippen LogP contribution in [0.3, 0.4) is 0 Å². The molecule has 0 radical (unpaired) electrons. The van der Waals surface area contributed by atoms with E-state index in [1.54, 1.807) is 6.07 Å². The quantitative estimate of drug-likeness (QED) is 0.867. The number of hydrogen-bond acceptors (Lipinski definition) is 2. The Morgan fingerprint density at radius 2 is 2.06 bits per heavy atom. The summed E-state index contributed by atoms with van der Waals surface area (Å²) in [6.07, 6.45) is 0. The summed E-state index contributed by atoms with van der Waals surface area (Å²) in [4.78, 5) is 11.9. The summed E-state index contributed by atoms with van der Waals surface area (Å²) in [7, 11) is 0. The Morgan fingerprint density at radius 1 is 1.39 bits per heavy atom. The summed E-state index contributed by atoms with van der Waals surface area (Å²) in [6, 6.07) is 4.72. The van der Waals surface area contributed by atoms with Gasteiger partial charge >= 0.3 is 0 Å². The molecule has 6 heteroatoms. The van der Waals surface area contributed by atoms with Crippen LogP contribution in [0.5, 0.6) is 0 Å². The molecule has 2 atom stereocenters. The number of halogens is 3. The number of hydrogen-bond donors (Lipinski definition) is 2. The van der Waals surface area contributed by atoms with Gasteiger partial charge in [0.15, 0.2) is 0 Å². The van der Waals surface area contributed by atoms with Crippen molar-refractivity contribution in [2.75, 3.05) is 13.1 Å². The highest BCUT2D eigenvalue weighted by atomic mass is 79.9. The van der Waals surface area contributed by atoms with Crippen molar-refractivity contribution in [2.24, 2.45) is 11.8 Å². The zero-order valence-electron chi connectivity index (χ0n) is 9.45. The molecule has 1 aliphatic heterocycles. The first-order valence-electron chi connectivity index (χ1n) is 5.63. The SMILES string of the molecule is Cl.O=C(NC1C2CNCC21)c1ccc(Br)cc1F. The van der Waals surface area contributed by atoms with E-state index in [2.05, 4.69) is 26.6 Å². The van der Waals surface area contributed by atoms with E-state index in [-0.39, 0.29) is 29.9 Å². The lowest BCUT2D eigenvalue weighted by Crippen LogP contribution is -2.32. The van der Waals surface area contributed by atoms with Crippen molar-refractivity contribution < 1.29 is 9.18 Å². The van der Waals surface area contributed by atoms with E-state index in [0.29, 0.717) is 16.3 Å². The van der Waals surface area contributed by atoms with Crippen LogP contribution in [0.2, 0.25) is 0 Å². The fourth-order valence-electron chi connectivity index (χ4n) is 2.54. The van der Waals surface area contributed by atoms with Crippen LogP contribution in [0.1, 0.15) is 10.4 Å². The van der Waals surface area contributed by atoms with Crippen LogP contribution in [0.4, 0.5) is 4.39 Å². The predicted octanol–water partition coefficient (Wildman–Crippen LogP) is 1.96. The van der Waals surface area contributed by atoms with Gasteiger partial charge in [-0.2, -0.15) is 0 Å². The summed E-state index contributed by atoms with van der Waals surface area (Å²) >= 11 is 3.17. The Balaban J connectivity index is 0.00000120. The van der Waals surface area contributed by atoms with E-state index in [0.717, 1.165) is 13.1 Å². The van der Waals surface area contributed by atoms with Gasteiger partial charge in [-0.25, -0.2) is 4.39 Å². The molecule has 0 bridgehead atoms. The summed E-state index contributed by atoms with van der Waals surface area (Å²) in [5, 5.41) is 6.15. The van der Waals surface area contributed by atoms with Crippen molar-refractivity contribution in [1.82, 2.24) is 10.6 Å². The van der Waals surface area contributed by atoms with Crippen molar-refractivity contribution in [3.8, 4) is 0 Å². The minimum absolute atomic E-state index is 0. The molecule has 1 amide bonds. The maximum atomic E-state index is 13.6. The Bertz CT molecular complexity index is 475. The van der Waals surface area contributed by atoms with Gasteiger partial charge in [0.05, 0.1) is 5.56 Å². The molecule has 3 nitrogen and oxygen atoms in total. The van der Waals surface area contributed by atoms with Gasteiger partial charge in [-0.05, 0) is 30.0 Å². The van der Waals surface area contributed by atoms with Crippen molar-refractivity contribution in [2.45, 2.75) is 6.04 Å². The molecule has 1 saturated heterocycles. The fourth-order valence-corrected chi connectivity index (χ4v) is 2.87. The number of carbonyl (C=O) groups excluding carboxylic acids is 1. The number of rotatable bonds is 2. The molecule has 0 aromatic heterocycles. The highest BCUT2D eigenvalue weighted by Gasteiger charge is 2.53. The molecule has 2 fully saturated rings. The van der Waals surface area contributed by atoms with Crippen LogP contribution < -0.4 is 10.6 Å². The normalized spacial score (nSPS) is 28.2. The lowest BCUT2D eigenvalue weighted by atomic mass is 10.2. The van der Waals surface area contributed by atoms with E-state index < -0.39 is 5.82 Å². The molecular weight excluding hydrogens is 323 g/mol. The highest BCUT2D eigenvalue weighted by molar-refractivity contribution is 9.10. The van der Waals surface area contributed by atoms with Crippen LogP contribution in [0.25, 0.3) is 0 Å². The molecule has 2 N–H and O–H groups in total. The minimum atomic E-state index is -0.485. The van der Waals surface area contributed by atoms with Gasteiger partial charge in [0.1, 0.15) is 5.82 Å². The molecule has 1 heterocycles. The summed E-state index contributed by atoms with van der Waals surface area (Å²) in [5.41, 5.74) is 0.117. The van der Waals surface area contributed by atoms with E-state index in [1.807, 2.05) is 0 Å². The Kier molecular flexibility index (Phi) is 3.94. The van der Waals surface area contributed by atoms with E-state index in [4.69, 9.17) is 0 Å². The molecule has 1 aromatic carbocycles. The molecule has 2 unspecified atom stereocenters. The Hall–Kier alpha value is -0.650. The van der Waals surface area contributed by atoms with E-state index >= 15 is 0 Å². The third-order valence-electron chi connectivity index (χ3n) is 3.57. The average molecular weight is 336 g/mol. The van der Waals surface area contributed by atoms with Crippen molar-refractivity contribution in [1.29, 1.82) is 0 Å². The molecule has 3 rings (SSSR count). The second-order valence-electron chi connectivity index (χ2n) is 4.61. The topological polar surface area (TPSA) is 41.1 Å². The Morgan fingerprint density at radius 3 is 2.67 bits per heavy atom. The van der Waals surface area contributed by atoms with Crippen LogP contribution >= 0.6 is 28.3 Å². The lowest BCUT2D eigenvalue weighted by molar-refractivity contribution is 0.0942. The maximum absolute atomic E-state index is 13.6. The summed E-state index contributed by atoms with van der Waals surface area (Å²) in [5.74, 6) is 0.283. The third-order valence-corrected chi connectivity index (χ3v) is 4.06. The zero-order chi connectivity index (χ0) is 12.0. The second kappa shape index (κ2) is 5.15. The van der Waals surface area contributed by atoms with Crippen molar-refractivity contribution in [3.63, 3.8) is 0 Å². The second-order valence-corrected chi connectivity index (χ2v) is 5.53. The standard InChI is InChI=1S/C12H12BrFN2O.ClH/c13-6-1-2-7(10(14)3-6)12(17)16-11-8-4-15-5-9(8)11;/h1-3,8-9,11,15H,4-5H2,(H,16,17);1H. The number of amides is 1. The molecule has 1 aromatic rings. The van der Waals surface area contributed by atoms with Crippen LogP contribution in [-0.4, -0.2) is 25.0 Å². The van der Waals surface area contributed by atoms with E-state index in [9.17, 15) is 9.18 Å². The zero-order valence-corrected chi connectivity index (χ0v) is 11.9. The smallest absolute Gasteiger partial charge is 0.254 e. The number of piperidine rings is 1. The van der Waals surface area contributed by atoms with Crippen LogP contribution in [0.15, 0.2) is 22.7 Å². The fraction of sp³-hybridized carbons (Fsp3) is 0.417. The van der Waals surface area contributed by atoms with Gasteiger partial charge in [-0.15, -0.1) is 12.4 Å². The van der Waals surface area contributed by atoms with Gasteiger partial charge < -0.3 is 10.6 Å². The highest BCUT2D eigenvalue weighted by Crippen LogP contribution is 2.41. The van der Waals surface area contributed by atoms with Gasteiger partial charge in [0.2, 0.25) is 0 Å². The molecule has 1 saturated carbocycles. The van der Waals surface area contributed by atoms with Gasteiger partial charge in [0.25, 0.3) is 5.91 Å². The first-order chi connectivity index (χ1) is 8.16. The minimum Gasteiger partial charge on any atom is -0.349 e. The monoisotopic (exact) mass is 334 g/mol. The van der Waals surface area contributed by atoms with Crippen molar-refractivity contribution >= 4 is 34.2 Å². The van der Waals surface area contributed by atoms with Gasteiger partial charge in [-0.3, -0.25) is 4.79 Å². The number of benzene rings is 1. The third kappa shape index (κ3) is 2.39. The maximum Gasteiger partial charge on any atom is 0.254 e. The average Bonchev–Trinajstić information content (AvgIpc) is 2.74. The summed E-state index contributed by atoms with van der Waals surface area (Å²) in [6.45, 7) is 1.91. The molecule has 1 aliphatic carbocycles. The predicted molar refractivity (Wildman–Crippen MR) is 72.5 cm³/mol. The molecule has 98 valence electrons. The summed E-state index contributed by atoms with van der Waals surface area (Å²) < 4.78 is 14.2. The van der Waals surface area contributed by atoms with Crippen LogP contribution in [0, 0.1) is 17.7 Å². The first kappa shape index (κ1) is 13.8. The van der Waals surface area contributed by atoms with Crippen molar-refractivity contribution in [3.05, 3.63) is 34.1 Å². The number of nitrogens with one attached hydrogen (secondary N) is 2. The van der Waals surface area contributed by atoms with E-state index in [1.165, 1.54) is 12.1 Å². The molecular formula is C12H13BrClFN2O. The van der Waals surface area contributed by atoms with Crippen LogP contribution in [-0.2, 0) is 0 Å². The molecule has 18 heavy (non-hydrogen) atoms. The first-order valence-corrected chi connectivity index (χ1v) is 6.43. The Labute approximate surface area is 119 Å². The molecule has 2 aliphatic rings. The van der Waals surface area contributed by atoms with Gasteiger partial charge in [-0.1, -0.05) is 15.9 Å². The molecule has 0 spiro atoms. The largest absolute Gasteiger partial charge is 0.349 e.